The summed E-state index contributed by atoms with van der Waals surface area (Å²) in [5.74, 6) is -0.711. The highest BCUT2D eigenvalue weighted by Gasteiger charge is 2.29. The number of anilines is 2. The van der Waals surface area contributed by atoms with Crippen LogP contribution in [0.2, 0.25) is 10.2 Å². The quantitative estimate of drug-likeness (QED) is 0.221. The van der Waals surface area contributed by atoms with Gasteiger partial charge in [0.2, 0.25) is 11.8 Å². The summed E-state index contributed by atoms with van der Waals surface area (Å²) in [6.07, 6.45) is 4.32. The SMILES string of the molecule is CN(CC(=O)N(CC=O)c1cc(Cl)ccc1-n1cc(Cl)nn1)C(Cc1ccccc1)C(=O)Nc1ccc2nn(C)cc2c1. The van der Waals surface area contributed by atoms with Crippen molar-refractivity contribution in [1.29, 1.82) is 0 Å². The molecule has 2 amide bonds. The van der Waals surface area contributed by atoms with Gasteiger partial charge in [-0.2, -0.15) is 5.10 Å². The number of amides is 2. The van der Waals surface area contributed by atoms with Gasteiger partial charge in [0, 0.05) is 29.3 Å². The van der Waals surface area contributed by atoms with E-state index in [0.29, 0.717) is 34.8 Å². The normalized spacial score (nSPS) is 11.9. The molecule has 0 aliphatic rings. The number of carbonyl (C=O) groups excluding carboxylic acids is 3. The molecule has 0 aliphatic heterocycles. The second kappa shape index (κ2) is 13.2. The first kappa shape index (κ1) is 29.9. The molecule has 13 heteroatoms. The van der Waals surface area contributed by atoms with Gasteiger partial charge >= 0.3 is 0 Å². The molecule has 5 rings (SSSR count). The molecule has 2 heterocycles. The largest absolute Gasteiger partial charge is 0.325 e. The van der Waals surface area contributed by atoms with Crippen molar-refractivity contribution in [2.45, 2.75) is 12.5 Å². The van der Waals surface area contributed by atoms with Gasteiger partial charge in [0.25, 0.3) is 0 Å². The second-order valence-electron chi connectivity index (χ2n) is 9.98. The maximum Gasteiger partial charge on any atom is 0.242 e. The van der Waals surface area contributed by atoms with E-state index < -0.39 is 11.9 Å². The molecule has 5 aromatic rings. The Morgan fingerprint density at radius 2 is 1.84 bits per heavy atom. The number of aldehydes is 1. The molecular formula is C30H28Cl2N8O3. The molecule has 11 nitrogen and oxygen atoms in total. The maximum atomic E-state index is 13.8. The minimum Gasteiger partial charge on any atom is -0.325 e. The first-order valence-electron chi connectivity index (χ1n) is 13.3. The van der Waals surface area contributed by atoms with Crippen LogP contribution < -0.4 is 10.2 Å². The third kappa shape index (κ3) is 7.08. The molecule has 2 aromatic heterocycles. The highest BCUT2D eigenvalue weighted by atomic mass is 35.5. The zero-order chi connectivity index (χ0) is 30.5. The fourth-order valence-electron chi connectivity index (χ4n) is 4.82. The molecule has 0 spiro atoms. The van der Waals surface area contributed by atoms with Gasteiger partial charge in [-0.05, 0) is 55.4 Å². The Morgan fingerprint density at radius 3 is 2.56 bits per heavy atom. The van der Waals surface area contributed by atoms with Crippen LogP contribution in [-0.4, -0.2) is 74.0 Å². The zero-order valence-corrected chi connectivity index (χ0v) is 24.9. The van der Waals surface area contributed by atoms with Crippen molar-refractivity contribution < 1.29 is 14.4 Å². The predicted molar refractivity (Wildman–Crippen MR) is 166 cm³/mol. The first-order chi connectivity index (χ1) is 20.7. The molecule has 220 valence electrons. The van der Waals surface area contributed by atoms with E-state index in [1.807, 2.05) is 55.7 Å². The van der Waals surface area contributed by atoms with Crippen LogP contribution in [0, 0.1) is 0 Å². The van der Waals surface area contributed by atoms with Crippen LogP contribution in [-0.2, 0) is 27.9 Å². The number of aryl methyl sites for hydroxylation is 1. The van der Waals surface area contributed by atoms with Crippen LogP contribution in [0.25, 0.3) is 16.6 Å². The number of benzene rings is 3. The summed E-state index contributed by atoms with van der Waals surface area (Å²) in [7, 11) is 3.53. The van der Waals surface area contributed by atoms with E-state index in [1.165, 1.54) is 15.8 Å². The van der Waals surface area contributed by atoms with Crippen molar-refractivity contribution in [2.75, 3.05) is 30.4 Å². The van der Waals surface area contributed by atoms with Gasteiger partial charge in [-0.25, -0.2) is 4.68 Å². The molecule has 0 radical (unpaired) electrons. The lowest BCUT2D eigenvalue weighted by atomic mass is 10.0. The number of nitrogens with zero attached hydrogens (tertiary/aromatic N) is 7. The number of carbonyl (C=O) groups is 3. The summed E-state index contributed by atoms with van der Waals surface area (Å²) in [6.45, 7) is -0.423. The summed E-state index contributed by atoms with van der Waals surface area (Å²) < 4.78 is 3.11. The molecule has 0 aliphatic carbocycles. The molecular weight excluding hydrogens is 591 g/mol. The molecule has 0 saturated heterocycles. The van der Waals surface area contributed by atoms with E-state index in [1.54, 1.807) is 40.9 Å². The minimum absolute atomic E-state index is 0.159. The maximum absolute atomic E-state index is 13.8. The monoisotopic (exact) mass is 618 g/mol. The summed E-state index contributed by atoms with van der Waals surface area (Å²) in [6, 6.07) is 19.2. The number of likely N-dealkylation sites (N-methyl/N-ethyl adjacent to an activating group) is 1. The zero-order valence-electron chi connectivity index (χ0n) is 23.4. The van der Waals surface area contributed by atoms with Crippen molar-refractivity contribution in [3.05, 3.63) is 94.9 Å². The number of nitrogens with one attached hydrogen (secondary N) is 1. The Bertz CT molecular complexity index is 1770. The number of halogens is 2. The Labute approximate surface area is 257 Å². The van der Waals surface area contributed by atoms with E-state index in [4.69, 9.17) is 23.2 Å². The van der Waals surface area contributed by atoms with Crippen LogP contribution in [0.3, 0.4) is 0 Å². The van der Waals surface area contributed by atoms with E-state index in [-0.39, 0.29) is 24.1 Å². The number of hydrogen-bond donors (Lipinski definition) is 1. The third-order valence-corrected chi connectivity index (χ3v) is 7.28. The highest BCUT2D eigenvalue weighted by molar-refractivity contribution is 6.31. The summed E-state index contributed by atoms with van der Waals surface area (Å²) in [5, 5.41) is 16.6. The highest BCUT2D eigenvalue weighted by Crippen LogP contribution is 2.29. The number of aromatic nitrogens is 5. The standard InChI is InChI=1S/C30H28Cl2N8O3/c1-37(19-29(42)39(12-13-41)26-16-22(31)8-11-25(26)40-18-28(32)34-36-40)27(14-20-6-4-3-5-7-20)30(43)33-23-9-10-24-21(15-23)17-38(2)35-24/h3-11,13,15-18,27H,12,14,19H2,1-2H3,(H,33,43). The lowest BCUT2D eigenvalue weighted by molar-refractivity contribution is -0.124. The molecule has 3 aromatic carbocycles. The van der Waals surface area contributed by atoms with Crippen LogP contribution in [0.1, 0.15) is 5.56 Å². The summed E-state index contributed by atoms with van der Waals surface area (Å²) in [5.41, 5.74) is 3.14. The smallest absolute Gasteiger partial charge is 0.242 e. The average Bonchev–Trinajstić information content (AvgIpc) is 3.58. The van der Waals surface area contributed by atoms with Crippen molar-refractivity contribution in [1.82, 2.24) is 29.7 Å². The fraction of sp³-hybridized carbons (Fsp3) is 0.200. The molecule has 0 saturated carbocycles. The first-order valence-corrected chi connectivity index (χ1v) is 14.1. The number of fused-ring (bicyclic) bond motifs is 1. The van der Waals surface area contributed by atoms with E-state index >= 15 is 0 Å². The van der Waals surface area contributed by atoms with Gasteiger partial charge < -0.3 is 15.0 Å². The molecule has 0 bridgehead atoms. The molecule has 1 atom stereocenters. The van der Waals surface area contributed by atoms with Crippen LogP contribution >= 0.6 is 23.2 Å². The van der Waals surface area contributed by atoms with Crippen molar-refractivity contribution >= 4 is 63.6 Å². The van der Waals surface area contributed by atoms with E-state index in [9.17, 15) is 14.4 Å². The lowest BCUT2D eigenvalue weighted by Crippen LogP contribution is -2.49. The van der Waals surface area contributed by atoms with Gasteiger partial charge in [-0.3, -0.25) is 19.2 Å². The van der Waals surface area contributed by atoms with Gasteiger partial charge in [0.15, 0.2) is 5.15 Å². The van der Waals surface area contributed by atoms with Crippen molar-refractivity contribution in [3.63, 3.8) is 0 Å². The van der Waals surface area contributed by atoms with Crippen LogP contribution in [0.15, 0.2) is 79.1 Å². The lowest BCUT2D eigenvalue weighted by Gasteiger charge is -2.30. The molecule has 1 unspecified atom stereocenters. The average molecular weight is 620 g/mol. The van der Waals surface area contributed by atoms with Crippen LogP contribution in [0.5, 0.6) is 0 Å². The van der Waals surface area contributed by atoms with Crippen LogP contribution in [0.4, 0.5) is 11.4 Å². The van der Waals surface area contributed by atoms with Gasteiger partial charge in [-0.15, -0.1) is 5.10 Å². The molecule has 43 heavy (non-hydrogen) atoms. The third-order valence-electron chi connectivity index (χ3n) is 6.88. The topological polar surface area (TPSA) is 118 Å². The Hall–Kier alpha value is -4.58. The Kier molecular flexibility index (Phi) is 9.15. The minimum atomic E-state index is -0.720. The summed E-state index contributed by atoms with van der Waals surface area (Å²) in [4.78, 5) is 42.2. The van der Waals surface area contributed by atoms with Crippen molar-refractivity contribution in [3.8, 4) is 5.69 Å². The van der Waals surface area contributed by atoms with E-state index in [2.05, 4.69) is 20.7 Å². The molecule has 0 fully saturated rings. The summed E-state index contributed by atoms with van der Waals surface area (Å²) >= 11 is 12.3. The fourth-order valence-corrected chi connectivity index (χ4v) is 5.12. The Morgan fingerprint density at radius 1 is 1.05 bits per heavy atom. The molecule has 1 N–H and O–H groups in total. The number of rotatable bonds is 11. The van der Waals surface area contributed by atoms with Crippen molar-refractivity contribution in [2.24, 2.45) is 7.05 Å². The number of hydrogen-bond acceptors (Lipinski definition) is 7. The Balaban J connectivity index is 1.41. The second-order valence-corrected chi connectivity index (χ2v) is 10.8. The van der Waals surface area contributed by atoms with E-state index in [0.717, 1.165) is 16.5 Å². The van der Waals surface area contributed by atoms with Gasteiger partial charge in [0.05, 0.1) is 42.2 Å². The predicted octanol–water partition coefficient (Wildman–Crippen LogP) is 4.17. The van der Waals surface area contributed by atoms with Gasteiger partial charge in [-0.1, -0.05) is 58.7 Å². The van der Waals surface area contributed by atoms with Gasteiger partial charge in [0.1, 0.15) is 6.29 Å².